The molecule has 2 aromatic carbocycles. The van der Waals surface area contributed by atoms with Crippen LogP contribution in [0.5, 0.6) is 11.5 Å². The number of hydrogen-bond acceptors (Lipinski definition) is 7. The number of furan rings is 1. The quantitative estimate of drug-likeness (QED) is 0.476. The van der Waals surface area contributed by atoms with Gasteiger partial charge in [0.15, 0.2) is 11.5 Å². The van der Waals surface area contributed by atoms with Crippen LogP contribution >= 0.6 is 0 Å². The Bertz CT molecular complexity index is 1350. The molecule has 0 aliphatic carbocycles. The Hall–Kier alpha value is -3.56. The Morgan fingerprint density at radius 1 is 0.938 bits per heavy atom. The number of hydrogen-bond donors (Lipinski definition) is 2. The predicted octanol–water partition coefficient (Wildman–Crippen LogP) is 3.64. The van der Waals surface area contributed by atoms with E-state index < -0.39 is 16.1 Å². The molecule has 0 amide bonds. The highest BCUT2D eigenvalue weighted by atomic mass is 32.2. The molecule has 0 fully saturated rings. The Balaban J connectivity index is 1.55. The van der Waals surface area contributed by atoms with E-state index in [1.807, 2.05) is 24.3 Å². The first-order valence-electron chi connectivity index (χ1n) is 10.1. The normalized spacial score (nSPS) is 14.8. The summed E-state index contributed by atoms with van der Waals surface area (Å²) in [6, 6.07) is 18.0. The molecule has 3 heterocycles. The number of rotatable bonds is 5. The van der Waals surface area contributed by atoms with Gasteiger partial charge >= 0.3 is 0 Å². The number of aromatic nitrogens is 1. The number of sulfonamides is 1. The van der Waals surface area contributed by atoms with Gasteiger partial charge in [-0.1, -0.05) is 24.3 Å². The third-order valence-electron chi connectivity index (χ3n) is 5.12. The molecular formula is C23H21N3O5S. The van der Waals surface area contributed by atoms with Gasteiger partial charge < -0.3 is 19.6 Å². The predicted molar refractivity (Wildman–Crippen MR) is 119 cm³/mol. The lowest BCUT2D eigenvalue weighted by Gasteiger charge is -2.17. The molecule has 164 valence electrons. The average molecular weight is 452 g/mol. The van der Waals surface area contributed by atoms with Crippen LogP contribution in [0.25, 0.3) is 11.0 Å². The molecule has 0 saturated carbocycles. The van der Waals surface area contributed by atoms with Gasteiger partial charge in [0, 0.05) is 17.9 Å². The lowest BCUT2D eigenvalue weighted by Crippen LogP contribution is -2.30. The maximum Gasteiger partial charge on any atom is 0.241 e. The second-order valence-electron chi connectivity index (χ2n) is 7.39. The summed E-state index contributed by atoms with van der Waals surface area (Å²) in [5.74, 6) is 1.60. The van der Waals surface area contributed by atoms with Crippen molar-refractivity contribution in [2.45, 2.75) is 17.4 Å². The van der Waals surface area contributed by atoms with Crippen LogP contribution in [0.15, 0.2) is 76.0 Å². The lowest BCUT2D eigenvalue weighted by atomic mass is 10.1. The fourth-order valence-electron chi connectivity index (χ4n) is 3.57. The van der Waals surface area contributed by atoms with Gasteiger partial charge in [0.1, 0.15) is 23.2 Å². The molecule has 1 aliphatic heterocycles. The third kappa shape index (κ3) is 4.00. The minimum absolute atomic E-state index is 0.0479. The van der Waals surface area contributed by atoms with Crippen molar-refractivity contribution in [3.05, 3.63) is 78.2 Å². The van der Waals surface area contributed by atoms with E-state index in [-0.39, 0.29) is 10.7 Å². The fourth-order valence-corrected chi connectivity index (χ4v) is 4.77. The molecular weight excluding hydrogens is 430 g/mol. The number of nitrogens with two attached hydrogens (primary N) is 1. The summed E-state index contributed by atoms with van der Waals surface area (Å²) < 4.78 is 46.6. The molecule has 0 unspecified atom stereocenters. The zero-order chi connectivity index (χ0) is 22.1. The number of benzene rings is 2. The minimum atomic E-state index is -3.98. The second-order valence-corrected chi connectivity index (χ2v) is 9.10. The maximum atomic E-state index is 13.4. The number of nitrogen functional groups attached to an aromatic ring is 1. The minimum Gasteiger partial charge on any atom is -0.490 e. The molecule has 1 aliphatic rings. The van der Waals surface area contributed by atoms with E-state index in [4.69, 9.17) is 19.6 Å². The Kier molecular flexibility index (Phi) is 5.20. The summed E-state index contributed by atoms with van der Waals surface area (Å²) in [7, 11) is -3.98. The van der Waals surface area contributed by atoms with Crippen molar-refractivity contribution in [3.63, 3.8) is 0 Å². The van der Waals surface area contributed by atoms with Gasteiger partial charge in [-0.2, -0.15) is 4.72 Å². The monoisotopic (exact) mass is 451 g/mol. The van der Waals surface area contributed by atoms with E-state index in [1.165, 1.54) is 12.1 Å². The van der Waals surface area contributed by atoms with Crippen molar-refractivity contribution < 1.29 is 22.3 Å². The zero-order valence-corrected chi connectivity index (χ0v) is 17.8. The van der Waals surface area contributed by atoms with Gasteiger partial charge in [-0.05, 0) is 36.4 Å². The molecule has 0 saturated heterocycles. The molecule has 2 aromatic heterocycles. The summed E-state index contributed by atoms with van der Waals surface area (Å²) in [6.07, 6.45) is 0.726. The van der Waals surface area contributed by atoms with Crippen molar-refractivity contribution in [3.8, 4) is 11.5 Å². The molecule has 0 radical (unpaired) electrons. The molecule has 5 rings (SSSR count). The summed E-state index contributed by atoms with van der Waals surface area (Å²) in [4.78, 5) is 4.37. The highest BCUT2D eigenvalue weighted by Crippen LogP contribution is 2.34. The molecule has 9 heteroatoms. The van der Waals surface area contributed by atoms with Crippen molar-refractivity contribution >= 4 is 26.8 Å². The number of fused-ring (bicyclic) bond motifs is 2. The number of anilines is 1. The first-order chi connectivity index (χ1) is 15.5. The van der Waals surface area contributed by atoms with Gasteiger partial charge in [-0.3, -0.25) is 0 Å². The highest BCUT2D eigenvalue weighted by Gasteiger charge is 2.28. The van der Waals surface area contributed by atoms with Crippen molar-refractivity contribution in [2.24, 2.45) is 0 Å². The Labute approximate surface area is 185 Å². The van der Waals surface area contributed by atoms with Gasteiger partial charge in [0.25, 0.3) is 0 Å². The molecule has 3 N–H and O–H groups in total. The van der Waals surface area contributed by atoms with Crippen molar-refractivity contribution in [2.75, 3.05) is 18.9 Å². The van der Waals surface area contributed by atoms with Crippen LogP contribution in [-0.2, 0) is 10.0 Å². The average Bonchev–Trinajstić information content (AvgIpc) is 3.07. The third-order valence-corrected chi connectivity index (χ3v) is 6.54. The second kappa shape index (κ2) is 8.18. The van der Waals surface area contributed by atoms with E-state index in [9.17, 15) is 8.42 Å². The summed E-state index contributed by atoms with van der Waals surface area (Å²) >= 11 is 0. The smallest absolute Gasteiger partial charge is 0.241 e. The number of nitrogens with one attached hydrogen (secondary N) is 1. The van der Waals surface area contributed by atoms with Crippen molar-refractivity contribution in [1.29, 1.82) is 0 Å². The van der Waals surface area contributed by atoms with Gasteiger partial charge in [-0.25, -0.2) is 13.4 Å². The zero-order valence-electron chi connectivity index (χ0n) is 17.0. The topological polar surface area (TPSA) is 117 Å². The van der Waals surface area contributed by atoms with Gasteiger partial charge in [-0.15, -0.1) is 0 Å². The van der Waals surface area contributed by atoms with E-state index >= 15 is 0 Å². The van der Waals surface area contributed by atoms with E-state index in [1.54, 1.807) is 30.3 Å². The molecule has 8 nitrogen and oxygen atoms in total. The van der Waals surface area contributed by atoms with Gasteiger partial charge in [0.05, 0.1) is 23.8 Å². The first-order valence-corrected chi connectivity index (χ1v) is 11.6. The number of para-hydroxylation sites is 1. The molecule has 1 atom stereocenters. The lowest BCUT2D eigenvalue weighted by molar-refractivity contribution is 0.297. The largest absolute Gasteiger partial charge is 0.490 e. The van der Waals surface area contributed by atoms with Crippen LogP contribution in [0, 0.1) is 0 Å². The first kappa shape index (κ1) is 20.3. The number of pyridine rings is 1. The molecule has 0 bridgehead atoms. The summed E-state index contributed by atoms with van der Waals surface area (Å²) in [6.45, 7) is 0.978. The van der Waals surface area contributed by atoms with E-state index in [0.29, 0.717) is 41.7 Å². The van der Waals surface area contributed by atoms with Crippen LogP contribution in [0.2, 0.25) is 0 Å². The van der Waals surface area contributed by atoms with E-state index in [0.717, 1.165) is 11.8 Å². The highest BCUT2D eigenvalue weighted by molar-refractivity contribution is 7.89. The number of nitrogens with zero attached hydrogens (tertiary/aromatic N) is 1. The Morgan fingerprint density at radius 3 is 2.56 bits per heavy atom. The SMILES string of the molecule is Nc1cccc([C@H](NS(=O)(=O)c2ccc3c(c2)OCCCO3)c2cc3ccccc3o2)n1. The maximum absolute atomic E-state index is 13.4. The van der Waals surface area contributed by atoms with Gasteiger partial charge in [0.2, 0.25) is 10.0 Å². The summed E-state index contributed by atoms with van der Waals surface area (Å²) in [5.41, 5.74) is 6.93. The molecule has 32 heavy (non-hydrogen) atoms. The van der Waals surface area contributed by atoms with E-state index in [2.05, 4.69) is 9.71 Å². The summed E-state index contributed by atoms with van der Waals surface area (Å²) in [5, 5.41) is 0.853. The molecule has 0 spiro atoms. The van der Waals surface area contributed by atoms with Crippen LogP contribution in [0.3, 0.4) is 0 Å². The van der Waals surface area contributed by atoms with Crippen molar-refractivity contribution in [1.82, 2.24) is 9.71 Å². The van der Waals surface area contributed by atoms with Crippen LogP contribution < -0.4 is 19.9 Å². The van der Waals surface area contributed by atoms with Crippen LogP contribution in [0.1, 0.15) is 23.9 Å². The van der Waals surface area contributed by atoms with Crippen LogP contribution in [-0.4, -0.2) is 26.6 Å². The fraction of sp³-hybridized carbons (Fsp3) is 0.174. The van der Waals surface area contributed by atoms with Crippen LogP contribution in [0.4, 0.5) is 5.82 Å². The molecule has 4 aromatic rings. The number of ether oxygens (including phenoxy) is 2. The standard InChI is InChI=1S/C23H21N3O5S/c24-22-8-3-6-17(25-22)23(21-13-15-5-1-2-7-18(15)31-21)26-32(27,28)16-9-10-19-20(14-16)30-12-4-11-29-19/h1-3,5-10,13-14,23,26H,4,11-12H2,(H2,24,25)/t23-/m0/s1. The Morgan fingerprint density at radius 2 is 1.75 bits per heavy atom.